The Kier molecular flexibility index (Phi) is 3.70. The quantitative estimate of drug-likeness (QED) is 0.902. The number of fused-ring (bicyclic) bond motifs is 1. The van der Waals surface area contributed by atoms with Crippen LogP contribution < -0.4 is 4.90 Å². The van der Waals surface area contributed by atoms with Gasteiger partial charge in [0.2, 0.25) is 0 Å². The SMILES string of the molecule is CC(C)(C)OC(=O)N1CC(CC(=O)O)c2ccccc21. The lowest BCUT2D eigenvalue weighted by Crippen LogP contribution is -2.36. The Balaban J connectivity index is 2.25. The fraction of sp³-hybridized carbons (Fsp3) is 0.467. The zero-order chi connectivity index (χ0) is 14.9. The van der Waals surface area contributed by atoms with Gasteiger partial charge in [-0.05, 0) is 32.4 Å². The van der Waals surface area contributed by atoms with Gasteiger partial charge in [-0.3, -0.25) is 9.69 Å². The van der Waals surface area contributed by atoms with Gasteiger partial charge >= 0.3 is 12.1 Å². The molecule has 0 saturated carbocycles. The maximum atomic E-state index is 12.2. The molecule has 1 N–H and O–H groups in total. The van der Waals surface area contributed by atoms with E-state index in [4.69, 9.17) is 9.84 Å². The van der Waals surface area contributed by atoms with Gasteiger partial charge in [-0.25, -0.2) is 4.79 Å². The Morgan fingerprint density at radius 3 is 2.60 bits per heavy atom. The highest BCUT2D eigenvalue weighted by Crippen LogP contribution is 2.38. The number of aliphatic carboxylic acids is 1. The first kappa shape index (κ1) is 14.4. The summed E-state index contributed by atoms with van der Waals surface area (Å²) in [6, 6.07) is 7.38. The highest BCUT2D eigenvalue weighted by molar-refractivity contribution is 5.91. The molecule has 5 heteroatoms. The minimum Gasteiger partial charge on any atom is -0.481 e. The number of ether oxygens (including phenoxy) is 1. The zero-order valence-corrected chi connectivity index (χ0v) is 11.9. The molecule has 1 amide bonds. The number of carboxylic acid groups (broad SMARTS) is 1. The van der Waals surface area contributed by atoms with Gasteiger partial charge in [-0.15, -0.1) is 0 Å². The first-order valence-electron chi connectivity index (χ1n) is 6.59. The number of para-hydroxylation sites is 1. The summed E-state index contributed by atoms with van der Waals surface area (Å²) in [5, 5.41) is 8.98. The van der Waals surface area contributed by atoms with Gasteiger partial charge in [0.05, 0.1) is 12.1 Å². The van der Waals surface area contributed by atoms with Crippen molar-refractivity contribution in [3.05, 3.63) is 29.8 Å². The van der Waals surface area contributed by atoms with E-state index >= 15 is 0 Å². The van der Waals surface area contributed by atoms with Crippen LogP contribution >= 0.6 is 0 Å². The van der Waals surface area contributed by atoms with E-state index in [0.717, 1.165) is 11.3 Å². The second kappa shape index (κ2) is 5.15. The summed E-state index contributed by atoms with van der Waals surface area (Å²) in [5.74, 6) is -1.05. The summed E-state index contributed by atoms with van der Waals surface area (Å²) in [6.45, 7) is 5.77. The van der Waals surface area contributed by atoms with E-state index in [1.807, 2.05) is 45.0 Å². The van der Waals surface area contributed by atoms with Crippen LogP contribution in [0, 0.1) is 0 Å². The summed E-state index contributed by atoms with van der Waals surface area (Å²) in [7, 11) is 0. The van der Waals surface area contributed by atoms with Crippen LogP contribution in [0.3, 0.4) is 0 Å². The third-order valence-corrected chi connectivity index (χ3v) is 3.11. The standard InChI is InChI=1S/C15H19NO4/c1-15(2,3)20-14(19)16-9-10(8-13(17)18)11-6-4-5-7-12(11)16/h4-7,10H,8-9H2,1-3H3,(H,17,18). The molecule has 0 bridgehead atoms. The Labute approximate surface area is 118 Å². The molecule has 108 valence electrons. The summed E-state index contributed by atoms with van der Waals surface area (Å²) in [6.07, 6.45) is -0.422. The molecule has 0 fully saturated rings. The van der Waals surface area contributed by atoms with Crippen molar-refractivity contribution in [2.75, 3.05) is 11.4 Å². The van der Waals surface area contributed by atoms with Gasteiger partial charge in [0.1, 0.15) is 5.60 Å². The molecule has 1 aromatic rings. The fourth-order valence-corrected chi connectivity index (χ4v) is 2.37. The Morgan fingerprint density at radius 2 is 2.00 bits per heavy atom. The molecular weight excluding hydrogens is 258 g/mol. The molecule has 1 aliphatic rings. The molecule has 1 atom stereocenters. The lowest BCUT2D eigenvalue weighted by atomic mass is 9.98. The van der Waals surface area contributed by atoms with Crippen molar-refractivity contribution in [3.63, 3.8) is 0 Å². The van der Waals surface area contributed by atoms with Crippen LogP contribution in [-0.4, -0.2) is 29.3 Å². The molecule has 20 heavy (non-hydrogen) atoms. The van der Waals surface area contributed by atoms with Crippen LogP contribution in [0.4, 0.5) is 10.5 Å². The van der Waals surface area contributed by atoms with Crippen LogP contribution in [0.1, 0.15) is 38.7 Å². The lowest BCUT2D eigenvalue weighted by molar-refractivity contribution is -0.137. The van der Waals surface area contributed by atoms with E-state index in [1.54, 1.807) is 0 Å². The predicted octanol–water partition coefficient (Wildman–Crippen LogP) is 3.00. The summed E-state index contributed by atoms with van der Waals surface area (Å²) >= 11 is 0. The van der Waals surface area contributed by atoms with Gasteiger partial charge < -0.3 is 9.84 Å². The summed E-state index contributed by atoms with van der Waals surface area (Å²) in [5.41, 5.74) is 1.06. The number of benzene rings is 1. The van der Waals surface area contributed by atoms with E-state index in [2.05, 4.69) is 0 Å². The third-order valence-electron chi connectivity index (χ3n) is 3.11. The maximum absolute atomic E-state index is 12.2. The molecular formula is C15H19NO4. The number of carbonyl (C=O) groups excluding carboxylic acids is 1. The van der Waals surface area contributed by atoms with E-state index in [0.29, 0.717) is 6.54 Å². The van der Waals surface area contributed by atoms with Crippen LogP contribution in [0.5, 0.6) is 0 Å². The largest absolute Gasteiger partial charge is 0.481 e. The van der Waals surface area contributed by atoms with Gasteiger partial charge in [-0.1, -0.05) is 18.2 Å². The number of carbonyl (C=O) groups is 2. The van der Waals surface area contributed by atoms with Crippen LogP contribution in [0.15, 0.2) is 24.3 Å². The van der Waals surface area contributed by atoms with Crippen molar-refractivity contribution in [3.8, 4) is 0 Å². The van der Waals surface area contributed by atoms with Crippen molar-refractivity contribution in [2.24, 2.45) is 0 Å². The molecule has 5 nitrogen and oxygen atoms in total. The normalized spacial score (nSPS) is 17.8. The number of nitrogens with zero attached hydrogens (tertiary/aromatic N) is 1. The molecule has 0 aromatic heterocycles. The van der Waals surface area contributed by atoms with Crippen LogP contribution in [0.25, 0.3) is 0 Å². The molecule has 0 saturated heterocycles. The summed E-state index contributed by atoms with van der Waals surface area (Å²) < 4.78 is 5.37. The van der Waals surface area contributed by atoms with E-state index in [1.165, 1.54) is 4.90 Å². The number of amides is 1. The van der Waals surface area contributed by atoms with E-state index < -0.39 is 17.7 Å². The number of hydrogen-bond donors (Lipinski definition) is 1. The van der Waals surface area contributed by atoms with Crippen molar-refractivity contribution in [2.45, 2.75) is 38.7 Å². The second-order valence-corrected chi connectivity index (χ2v) is 5.94. The summed E-state index contributed by atoms with van der Waals surface area (Å²) in [4.78, 5) is 24.7. The first-order chi connectivity index (χ1) is 9.28. The number of carboxylic acids is 1. The molecule has 0 spiro atoms. The topological polar surface area (TPSA) is 66.8 Å². The highest BCUT2D eigenvalue weighted by atomic mass is 16.6. The van der Waals surface area contributed by atoms with Gasteiger partial charge in [0.15, 0.2) is 0 Å². The molecule has 1 aliphatic heterocycles. The smallest absolute Gasteiger partial charge is 0.414 e. The molecule has 1 unspecified atom stereocenters. The van der Waals surface area contributed by atoms with Gasteiger partial charge in [0.25, 0.3) is 0 Å². The van der Waals surface area contributed by atoms with Crippen LogP contribution in [0.2, 0.25) is 0 Å². The Morgan fingerprint density at radius 1 is 1.35 bits per heavy atom. The zero-order valence-electron chi connectivity index (χ0n) is 11.9. The maximum Gasteiger partial charge on any atom is 0.414 e. The van der Waals surface area contributed by atoms with Crippen molar-refractivity contribution >= 4 is 17.7 Å². The van der Waals surface area contributed by atoms with E-state index in [9.17, 15) is 9.59 Å². The fourth-order valence-electron chi connectivity index (χ4n) is 2.37. The molecule has 2 rings (SSSR count). The number of hydrogen-bond acceptors (Lipinski definition) is 3. The second-order valence-electron chi connectivity index (χ2n) is 5.94. The lowest BCUT2D eigenvalue weighted by Gasteiger charge is -2.25. The predicted molar refractivity (Wildman–Crippen MR) is 75.0 cm³/mol. The first-order valence-corrected chi connectivity index (χ1v) is 6.59. The van der Waals surface area contributed by atoms with Crippen LogP contribution in [-0.2, 0) is 9.53 Å². The monoisotopic (exact) mass is 277 g/mol. The Bertz CT molecular complexity index is 533. The van der Waals surface area contributed by atoms with Crippen molar-refractivity contribution in [1.29, 1.82) is 0 Å². The van der Waals surface area contributed by atoms with Crippen molar-refractivity contribution < 1.29 is 19.4 Å². The molecule has 1 heterocycles. The van der Waals surface area contributed by atoms with Gasteiger partial charge in [0, 0.05) is 12.5 Å². The Hall–Kier alpha value is -2.04. The molecule has 0 radical (unpaired) electrons. The molecule has 1 aromatic carbocycles. The minimum atomic E-state index is -0.865. The highest BCUT2D eigenvalue weighted by Gasteiger charge is 2.35. The minimum absolute atomic E-state index is 0.0102. The third kappa shape index (κ3) is 3.10. The van der Waals surface area contributed by atoms with E-state index in [-0.39, 0.29) is 12.3 Å². The number of anilines is 1. The molecule has 0 aliphatic carbocycles. The average molecular weight is 277 g/mol. The van der Waals surface area contributed by atoms with Crippen molar-refractivity contribution in [1.82, 2.24) is 0 Å². The average Bonchev–Trinajstić information content (AvgIpc) is 2.66. The number of rotatable bonds is 2. The van der Waals surface area contributed by atoms with Gasteiger partial charge in [-0.2, -0.15) is 0 Å².